The van der Waals surface area contributed by atoms with Gasteiger partial charge in [-0.1, -0.05) is 12.1 Å². The fourth-order valence-electron chi connectivity index (χ4n) is 4.33. The second-order valence-corrected chi connectivity index (χ2v) is 9.56. The van der Waals surface area contributed by atoms with Crippen LogP contribution in [0, 0.1) is 11.7 Å². The van der Waals surface area contributed by atoms with Crippen LogP contribution in [0.15, 0.2) is 41.6 Å². The lowest BCUT2D eigenvalue weighted by Crippen LogP contribution is -2.44. The molecule has 1 aliphatic carbocycles. The molecule has 10 heteroatoms. The highest BCUT2D eigenvalue weighted by Gasteiger charge is 2.42. The highest BCUT2D eigenvalue weighted by molar-refractivity contribution is 7.89. The topological polar surface area (TPSA) is 93.5 Å². The van der Waals surface area contributed by atoms with Crippen molar-refractivity contribution >= 4 is 15.9 Å². The number of carbonyl (C=O) groups excluding carboxylic acids is 1. The van der Waals surface area contributed by atoms with Gasteiger partial charge in [0.05, 0.1) is 19.4 Å². The number of amides is 1. The molecule has 2 aliphatic rings. The van der Waals surface area contributed by atoms with Crippen molar-refractivity contribution in [1.29, 1.82) is 0 Å². The number of aromatic nitrogens is 2. The van der Waals surface area contributed by atoms with E-state index in [2.05, 4.69) is 9.82 Å². The van der Waals surface area contributed by atoms with E-state index in [0.717, 1.165) is 5.56 Å². The Morgan fingerprint density at radius 3 is 2.53 bits per heavy atom. The first-order valence-electron chi connectivity index (χ1n) is 9.96. The van der Waals surface area contributed by atoms with Gasteiger partial charge in [0.1, 0.15) is 10.7 Å². The molecule has 3 atom stereocenters. The number of ether oxygens (including phenoxy) is 1. The minimum absolute atomic E-state index is 0.00398. The molecule has 2 aromatic rings. The van der Waals surface area contributed by atoms with Gasteiger partial charge in [-0.2, -0.15) is 5.10 Å². The molecule has 8 nitrogen and oxygen atoms in total. The molecule has 1 aliphatic heterocycles. The minimum atomic E-state index is -3.75. The van der Waals surface area contributed by atoms with Crippen molar-refractivity contribution < 1.29 is 22.3 Å². The second-order valence-electron chi connectivity index (χ2n) is 7.84. The predicted molar refractivity (Wildman–Crippen MR) is 107 cm³/mol. The van der Waals surface area contributed by atoms with E-state index in [1.807, 2.05) is 0 Å². The van der Waals surface area contributed by atoms with Crippen molar-refractivity contribution in [3.05, 3.63) is 48.0 Å². The van der Waals surface area contributed by atoms with E-state index in [1.54, 1.807) is 24.1 Å². The van der Waals surface area contributed by atoms with Crippen LogP contribution >= 0.6 is 0 Å². The molecule has 2 heterocycles. The van der Waals surface area contributed by atoms with Crippen molar-refractivity contribution in [3.63, 3.8) is 0 Å². The Balaban J connectivity index is 1.56. The summed E-state index contributed by atoms with van der Waals surface area (Å²) < 4.78 is 48.4. The molecule has 4 rings (SSSR count). The van der Waals surface area contributed by atoms with Gasteiger partial charge in [0.2, 0.25) is 15.9 Å². The Morgan fingerprint density at radius 2 is 1.90 bits per heavy atom. The first kappa shape index (κ1) is 21.0. The maximum atomic E-state index is 13.4. The van der Waals surface area contributed by atoms with E-state index in [4.69, 9.17) is 4.74 Å². The molecule has 1 saturated heterocycles. The van der Waals surface area contributed by atoms with Crippen LogP contribution in [0.4, 0.5) is 4.39 Å². The molecule has 1 amide bonds. The van der Waals surface area contributed by atoms with Crippen LogP contribution < -0.4 is 4.72 Å². The lowest BCUT2D eigenvalue weighted by molar-refractivity contribution is -0.140. The van der Waals surface area contributed by atoms with Gasteiger partial charge in [-0.15, -0.1) is 0 Å². The molecule has 0 unspecified atom stereocenters. The number of morpholine rings is 1. The van der Waals surface area contributed by atoms with Gasteiger partial charge in [0.15, 0.2) is 0 Å². The van der Waals surface area contributed by atoms with Gasteiger partial charge >= 0.3 is 0 Å². The summed E-state index contributed by atoms with van der Waals surface area (Å²) in [5.41, 5.74) is 0.839. The number of nitrogens with zero attached hydrogens (tertiary/aromatic N) is 3. The quantitative estimate of drug-likeness (QED) is 0.762. The van der Waals surface area contributed by atoms with Crippen molar-refractivity contribution in [2.45, 2.75) is 29.7 Å². The van der Waals surface area contributed by atoms with Crippen LogP contribution in [0.2, 0.25) is 0 Å². The first-order valence-corrected chi connectivity index (χ1v) is 11.4. The third-order valence-corrected chi connectivity index (χ3v) is 7.29. The Hall–Kier alpha value is -2.30. The van der Waals surface area contributed by atoms with Crippen LogP contribution in [0.1, 0.15) is 24.3 Å². The SMILES string of the molecule is Cn1cc(S(=O)(=O)N[C@@H]2C[C@H](C(=O)N3CCOCC3)[C@@H](c3ccc(F)cc3)C2)cn1. The number of hydrogen-bond acceptors (Lipinski definition) is 5. The van der Waals surface area contributed by atoms with Crippen molar-refractivity contribution in [2.75, 3.05) is 26.3 Å². The summed E-state index contributed by atoms with van der Waals surface area (Å²) in [6.45, 7) is 2.04. The Morgan fingerprint density at radius 1 is 1.20 bits per heavy atom. The van der Waals surface area contributed by atoms with Gasteiger partial charge in [0.25, 0.3) is 0 Å². The van der Waals surface area contributed by atoms with E-state index in [1.165, 1.54) is 29.2 Å². The number of sulfonamides is 1. The Bertz CT molecular complexity index is 1000. The normalized spacial score (nSPS) is 24.9. The molecule has 1 aromatic carbocycles. The van der Waals surface area contributed by atoms with E-state index in [9.17, 15) is 17.6 Å². The summed E-state index contributed by atoms with van der Waals surface area (Å²) in [6, 6.07) is 5.70. The van der Waals surface area contributed by atoms with Crippen molar-refractivity contribution in [1.82, 2.24) is 19.4 Å². The second kappa shape index (κ2) is 8.44. The molecule has 30 heavy (non-hydrogen) atoms. The third kappa shape index (κ3) is 4.40. The standard InChI is InChI=1S/C20H25FN4O4S/c1-24-13-17(12-22-24)30(27,28)23-16-10-18(14-2-4-15(21)5-3-14)19(11-16)20(26)25-6-8-29-9-7-25/h2-5,12-13,16,18-19,23H,6-11H2,1H3/t16-,18+,19-/m0/s1. The summed E-state index contributed by atoms with van der Waals surface area (Å²) >= 11 is 0. The summed E-state index contributed by atoms with van der Waals surface area (Å²) in [5.74, 6) is -0.921. The number of benzene rings is 1. The Kier molecular flexibility index (Phi) is 5.90. The number of rotatable bonds is 5. The van der Waals surface area contributed by atoms with Crippen LogP contribution in [0.3, 0.4) is 0 Å². The smallest absolute Gasteiger partial charge is 0.243 e. The van der Waals surface area contributed by atoms with Gasteiger partial charge in [-0.05, 0) is 36.5 Å². The van der Waals surface area contributed by atoms with Gasteiger partial charge in [-0.3, -0.25) is 9.48 Å². The fraction of sp³-hybridized carbons (Fsp3) is 0.500. The molecule has 0 bridgehead atoms. The molecular weight excluding hydrogens is 411 g/mol. The first-order chi connectivity index (χ1) is 14.3. The monoisotopic (exact) mass is 436 g/mol. The third-order valence-electron chi connectivity index (χ3n) is 5.81. The summed E-state index contributed by atoms with van der Waals surface area (Å²) in [5, 5.41) is 3.92. The zero-order chi connectivity index (χ0) is 21.3. The number of nitrogens with one attached hydrogen (secondary N) is 1. The van der Waals surface area contributed by atoms with Crippen LogP contribution in [0.5, 0.6) is 0 Å². The number of carbonyl (C=O) groups is 1. The molecule has 162 valence electrons. The van der Waals surface area contributed by atoms with E-state index >= 15 is 0 Å². The molecule has 1 aromatic heterocycles. The van der Waals surface area contributed by atoms with Crippen molar-refractivity contribution in [3.8, 4) is 0 Å². The van der Waals surface area contributed by atoms with E-state index < -0.39 is 16.1 Å². The van der Waals surface area contributed by atoms with Gasteiger partial charge in [-0.25, -0.2) is 17.5 Å². The van der Waals surface area contributed by atoms with E-state index in [0.29, 0.717) is 39.1 Å². The number of hydrogen-bond donors (Lipinski definition) is 1. The van der Waals surface area contributed by atoms with Gasteiger partial charge in [0, 0.05) is 38.3 Å². The summed E-state index contributed by atoms with van der Waals surface area (Å²) in [7, 11) is -2.10. The lowest BCUT2D eigenvalue weighted by atomic mass is 9.88. The molecule has 0 spiro atoms. The van der Waals surface area contributed by atoms with Crippen molar-refractivity contribution in [2.24, 2.45) is 13.0 Å². The highest BCUT2D eigenvalue weighted by Crippen LogP contribution is 2.41. The average Bonchev–Trinajstić information content (AvgIpc) is 3.35. The molecular formula is C20H25FN4O4S. The fourth-order valence-corrected chi connectivity index (χ4v) is 5.57. The Labute approximate surface area is 175 Å². The predicted octanol–water partition coefficient (Wildman–Crippen LogP) is 1.26. The molecule has 0 radical (unpaired) electrons. The maximum Gasteiger partial charge on any atom is 0.243 e. The van der Waals surface area contributed by atoms with E-state index in [-0.39, 0.29) is 28.5 Å². The highest BCUT2D eigenvalue weighted by atomic mass is 32.2. The molecule has 1 N–H and O–H groups in total. The van der Waals surface area contributed by atoms with Crippen LogP contribution in [0.25, 0.3) is 0 Å². The maximum absolute atomic E-state index is 13.4. The molecule has 1 saturated carbocycles. The minimum Gasteiger partial charge on any atom is -0.378 e. The summed E-state index contributed by atoms with van der Waals surface area (Å²) in [6.07, 6.45) is 3.58. The lowest BCUT2D eigenvalue weighted by Gasteiger charge is -2.31. The van der Waals surface area contributed by atoms with Gasteiger partial charge < -0.3 is 9.64 Å². The number of aryl methyl sites for hydroxylation is 1. The zero-order valence-electron chi connectivity index (χ0n) is 16.7. The zero-order valence-corrected chi connectivity index (χ0v) is 17.5. The average molecular weight is 437 g/mol. The summed E-state index contributed by atoms with van der Waals surface area (Å²) in [4.78, 5) is 15.1. The van der Waals surface area contributed by atoms with Crippen LogP contribution in [-0.2, 0) is 26.6 Å². The molecule has 2 fully saturated rings. The van der Waals surface area contributed by atoms with Crippen LogP contribution in [-0.4, -0.2) is 61.4 Å². The number of halogens is 1. The largest absolute Gasteiger partial charge is 0.378 e.